The molecule has 0 aliphatic heterocycles. The Morgan fingerprint density at radius 1 is 1.10 bits per heavy atom. The molecule has 20 heavy (non-hydrogen) atoms. The molecule has 0 fully saturated rings. The third-order valence-corrected chi connectivity index (χ3v) is 8.20. The van der Waals surface area contributed by atoms with E-state index >= 15 is 0 Å². The molecule has 0 saturated carbocycles. The van der Waals surface area contributed by atoms with Gasteiger partial charge < -0.3 is 24.8 Å². The zero-order valence-electron chi connectivity index (χ0n) is 13.9. The second-order valence-corrected chi connectivity index (χ2v) is 11.1. The summed E-state index contributed by atoms with van der Waals surface area (Å²) in [4.78, 5) is 0. The molecule has 0 spiro atoms. The normalized spacial score (nSPS) is 18.4. The van der Waals surface area contributed by atoms with Crippen LogP contribution in [0.15, 0.2) is 22.3 Å². The molecular formula is C15H27Cl2NSiTi. The Labute approximate surface area is 148 Å². The molecule has 0 heterocycles. The quantitative estimate of drug-likeness (QED) is 0.571. The summed E-state index contributed by atoms with van der Waals surface area (Å²) in [6.45, 7) is 18.8. The van der Waals surface area contributed by atoms with Gasteiger partial charge in [0.15, 0.2) is 0 Å². The molecule has 0 aromatic heterocycles. The monoisotopic (exact) mass is 367 g/mol. The van der Waals surface area contributed by atoms with Crippen molar-refractivity contribution < 1.29 is 44.2 Å². The van der Waals surface area contributed by atoms with Crippen LogP contribution in [-0.2, 0) is 19.4 Å². The van der Waals surface area contributed by atoms with Gasteiger partial charge in [-0.1, -0.05) is 0 Å². The fourth-order valence-corrected chi connectivity index (χ4v) is 7.17. The molecule has 1 unspecified atom stereocenters. The summed E-state index contributed by atoms with van der Waals surface area (Å²) in [5.41, 5.74) is 6.21. The topological polar surface area (TPSA) is 26.0 Å². The van der Waals surface area contributed by atoms with Crippen molar-refractivity contribution in [2.24, 2.45) is 10.1 Å². The Kier molecular flexibility index (Phi) is 9.76. The van der Waals surface area contributed by atoms with Crippen LogP contribution in [0, 0.1) is 5.92 Å². The van der Waals surface area contributed by atoms with Crippen LogP contribution in [0.1, 0.15) is 41.5 Å². The molecule has 0 saturated heterocycles. The molecule has 1 rings (SSSR count). The average molecular weight is 368 g/mol. The number of rotatable bonds is 3. The van der Waals surface area contributed by atoms with E-state index in [0.717, 1.165) is 0 Å². The van der Waals surface area contributed by atoms with Crippen molar-refractivity contribution in [3.63, 3.8) is 0 Å². The molecule has 5 heteroatoms. The average Bonchev–Trinajstić information content (AvgIpc) is 2.46. The van der Waals surface area contributed by atoms with E-state index in [1.165, 1.54) is 11.1 Å². The third kappa shape index (κ3) is 4.18. The van der Waals surface area contributed by atoms with E-state index in [0.29, 0.717) is 5.92 Å². The SMILES string of the molecule is CC1=C(C)C(C)C(C(=[Si](C)C)[C](C)(C)[Ti+2][NH2])=C1C.[Cl-].[Cl-]. The first-order chi connectivity index (χ1) is 8.15. The second kappa shape index (κ2) is 8.45. The number of halogens is 2. The van der Waals surface area contributed by atoms with Crippen molar-refractivity contribution in [2.75, 3.05) is 0 Å². The van der Waals surface area contributed by atoms with Crippen molar-refractivity contribution in [2.45, 2.75) is 58.4 Å². The summed E-state index contributed by atoms with van der Waals surface area (Å²) in [5.74, 6) is 0.595. The van der Waals surface area contributed by atoms with Crippen LogP contribution in [0.4, 0.5) is 0 Å². The summed E-state index contributed by atoms with van der Waals surface area (Å²) in [6.07, 6.45) is 0. The Morgan fingerprint density at radius 2 is 1.55 bits per heavy atom. The predicted octanol–water partition coefficient (Wildman–Crippen LogP) is -2.04. The molecule has 1 aliphatic carbocycles. The second-order valence-electron chi connectivity index (χ2n) is 6.21. The Hall–Kier alpha value is 0.821. The van der Waals surface area contributed by atoms with Gasteiger partial charge in [0.2, 0.25) is 0 Å². The van der Waals surface area contributed by atoms with Gasteiger partial charge in [0.05, 0.1) is 0 Å². The summed E-state index contributed by atoms with van der Waals surface area (Å²) in [7, 11) is -0.453. The molecule has 0 bridgehead atoms. The maximum absolute atomic E-state index is 6.16. The number of hydrogen-bond donors (Lipinski definition) is 1. The molecule has 0 aromatic rings. The first kappa shape index (κ1) is 23.1. The van der Waals surface area contributed by atoms with Gasteiger partial charge in [-0.05, 0) is 0 Å². The third-order valence-electron chi connectivity index (χ3n) is 4.40. The Balaban J connectivity index is 0. The van der Waals surface area contributed by atoms with Gasteiger partial charge in [-0.2, -0.15) is 0 Å². The molecule has 114 valence electrons. The van der Waals surface area contributed by atoms with E-state index in [1.54, 1.807) is 16.3 Å². The first-order valence-electron chi connectivity index (χ1n) is 6.69. The zero-order valence-corrected chi connectivity index (χ0v) is 18.0. The largest absolute Gasteiger partial charge is 1.00 e. The van der Waals surface area contributed by atoms with Gasteiger partial charge in [0.1, 0.15) is 0 Å². The van der Waals surface area contributed by atoms with Crippen LogP contribution < -0.4 is 29.0 Å². The van der Waals surface area contributed by atoms with E-state index in [2.05, 4.69) is 54.6 Å². The van der Waals surface area contributed by atoms with Crippen LogP contribution in [0.3, 0.4) is 0 Å². The Morgan fingerprint density at radius 3 is 1.80 bits per heavy atom. The van der Waals surface area contributed by atoms with Crippen molar-refractivity contribution in [1.29, 1.82) is 0 Å². The Bertz CT molecular complexity index is 460. The summed E-state index contributed by atoms with van der Waals surface area (Å²) in [5, 5.41) is 1.70. The molecule has 2 N–H and O–H groups in total. The maximum atomic E-state index is 6.16. The minimum Gasteiger partial charge on any atom is -1.00 e. The fraction of sp³-hybridized carbons (Fsp3) is 0.667. The number of hydrogen-bond acceptors (Lipinski definition) is 1. The molecule has 1 aliphatic rings. The van der Waals surface area contributed by atoms with E-state index in [-0.39, 0.29) is 28.5 Å². The minimum absolute atomic E-state index is 0. The van der Waals surface area contributed by atoms with E-state index in [9.17, 15) is 0 Å². The smallest absolute Gasteiger partial charge is 1.00 e. The zero-order chi connectivity index (χ0) is 14.2. The summed E-state index contributed by atoms with van der Waals surface area (Å²) in [6, 6.07) is 0. The van der Waals surface area contributed by atoms with Crippen LogP contribution in [0.2, 0.25) is 16.8 Å². The van der Waals surface area contributed by atoms with Gasteiger partial charge >= 0.3 is 124 Å². The molecule has 0 radical (unpaired) electrons. The van der Waals surface area contributed by atoms with E-state index in [4.69, 9.17) is 4.22 Å². The van der Waals surface area contributed by atoms with Crippen molar-refractivity contribution >= 4 is 13.6 Å². The number of nitrogens with two attached hydrogens (primary N) is 1. The molecule has 0 aromatic carbocycles. The predicted molar refractivity (Wildman–Crippen MR) is 81.0 cm³/mol. The molecule has 0 amide bonds. The fourth-order valence-electron chi connectivity index (χ4n) is 3.07. The minimum atomic E-state index is -0.453. The molecule has 1 nitrogen and oxygen atoms in total. The van der Waals surface area contributed by atoms with Gasteiger partial charge in [-0.3, -0.25) is 0 Å². The maximum Gasteiger partial charge on any atom is -1.00 e. The summed E-state index contributed by atoms with van der Waals surface area (Å²) < 4.78 is 6.41. The van der Waals surface area contributed by atoms with Crippen LogP contribution >= 0.6 is 0 Å². The van der Waals surface area contributed by atoms with Crippen molar-refractivity contribution in [1.82, 2.24) is 0 Å². The van der Waals surface area contributed by atoms with Crippen LogP contribution in [-0.4, -0.2) is 13.6 Å². The summed E-state index contributed by atoms with van der Waals surface area (Å²) >= 11 is -0.399. The molecule has 1 atom stereocenters. The van der Waals surface area contributed by atoms with Gasteiger partial charge in [-0.25, -0.2) is 0 Å². The van der Waals surface area contributed by atoms with Gasteiger partial charge in [0, 0.05) is 0 Å². The van der Waals surface area contributed by atoms with Gasteiger partial charge in [-0.15, -0.1) is 0 Å². The van der Waals surface area contributed by atoms with Crippen LogP contribution in [0.25, 0.3) is 0 Å². The standard InChI is InChI=1S/C15H25Si.2ClH.H2N.Ti/c1-9(2)15(16(7)8)14-12(5)10(3)11(4)13(14)6;;;;/h12H,1-8H3;2*1H;1H2;/q;;;-1;+3/p-2. The molecular weight excluding hydrogens is 341 g/mol. The van der Waals surface area contributed by atoms with Gasteiger partial charge in [0.25, 0.3) is 0 Å². The number of allylic oxidation sites excluding steroid dienone is 4. The van der Waals surface area contributed by atoms with Crippen molar-refractivity contribution in [3.8, 4) is 0 Å². The van der Waals surface area contributed by atoms with Crippen molar-refractivity contribution in [3.05, 3.63) is 22.3 Å². The first-order valence-corrected chi connectivity index (χ1v) is 10.9. The van der Waals surface area contributed by atoms with E-state index in [1.807, 2.05) is 0 Å². The van der Waals surface area contributed by atoms with Crippen LogP contribution in [0.5, 0.6) is 0 Å². The van der Waals surface area contributed by atoms with E-state index < -0.39 is 27.8 Å².